The fourth-order valence-electron chi connectivity index (χ4n) is 3.19. The van der Waals surface area contributed by atoms with E-state index in [9.17, 15) is 31.8 Å². The molecule has 0 unspecified atom stereocenters. The van der Waals surface area contributed by atoms with Crippen LogP contribution in [0.3, 0.4) is 0 Å². The van der Waals surface area contributed by atoms with Crippen LogP contribution in [0.15, 0.2) is 18.2 Å². The minimum atomic E-state index is -4.92. The summed E-state index contributed by atoms with van der Waals surface area (Å²) in [7, 11) is -0.292. The Morgan fingerprint density at radius 1 is 0.871 bits per heavy atom. The molecule has 11 heteroatoms. The Hall–Kier alpha value is -0.582. The van der Waals surface area contributed by atoms with Crippen molar-refractivity contribution < 1.29 is 47.5 Å². The molecule has 0 aliphatic rings. The van der Waals surface area contributed by atoms with Crippen molar-refractivity contribution >= 4 is 26.6 Å². The zero-order valence-electron chi connectivity index (χ0n) is 18.7. The molecule has 0 fully saturated rings. The Morgan fingerprint density at radius 2 is 1.26 bits per heavy atom. The Kier molecular flexibility index (Phi) is 12.1. The third-order valence-electron chi connectivity index (χ3n) is 4.27. The van der Waals surface area contributed by atoms with Crippen LogP contribution < -0.4 is 5.46 Å². The molecule has 0 saturated carbocycles. The maximum absolute atomic E-state index is 12.9. The second-order valence-corrected chi connectivity index (χ2v) is 13.3. The molecule has 0 N–H and O–H groups in total. The summed E-state index contributed by atoms with van der Waals surface area (Å²) in [5, 5.41) is 10.2. The van der Waals surface area contributed by atoms with Crippen LogP contribution in [0, 0.1) is 7.43 Å². The van der Waals surface area contributed by atoms with Gasteiger partial charge in [-0.2, -0.15) is 26.3 Å². The summed E-state index contributed by atoms with van der Waals surface area (Å²) in [6, 6.07) is 1.21. The third-order valence-corrected chi connectivity index (χ3v) is 8.65. The molecule has 0 amide bonds. The van der Waals surface area contributed by atoms with Gasteiger partial charge in [0.2, 0.25) is 0 Å². The van der Waals surface area contributed by atoms with E-state index in [0.29, 0.717) is 18.3 Å². The van der Waals surface area contributed by atoms with Gasteiger partial charge in [-0.25, -0.2) is 5.46 Å². The monoisotopic (exact) mass is 513 g/mol. The van der Waals surface area contributed by atoms with Gasteiger partial charge in [-0.3, -0.25) is 0 Å². The molecule has 0 atom stereocenters. The number of hydrogen-bond acceptors (Lipinski definition) is 1. The summed E-state index contributed by atoms with van der Waals surface area (Å²) in [6.07, 6.45) is -9.44. The van der Waals surface area contributed by atoms with Crippen LogP contribution in [-0.4, -0.2) is 36.3 Å². The van der Waals surface area contributed by atoms with E-state index < -0.39 is 31.4 Å². The molecule has 0 aliphatic heterocycles. The molecule has 179 valence electrons. The average Bonchev–Trinajstić information content (AvgIpc) is 2.48. The molecule has 0 saturated heterocycles. The van der Waals surface area contributed by atoms with E-state index in [-0.39, 0.29) is 58.1 Å². The van der Waals surface area contributed by atoms with Crippen molar-refractivity contribution in [2.75, 3.05) is 12.8 Å². The molecule has 31 heavy (non-hydrogen) atoms. The molecule has 2 nitrogen and oxygen atoms in total. The van der Waals surface area contributed by atoms with Crippen LogP contribution in [0.4, 0.5) is 26.3 Å². The van der Waals surface area contributed by atoms with E-state index in [1.165, 1.54) is 0 Å². The first kappa shape index (κ1) is 32.6. The predicted octanol–water partition coefficient (Wildman–Crippen LogP) is 6.25. The zero-order chi connectivity index (χ0) is 22.8. The maximum atomic E-state index is 12.9. The topological polar surface area (TPSA) is 31.5 Å². The van der Waals surface area contributed by atoms with Crippen molar-refractivity contribution in [3.05, 3.63) is 42.2 Å². The van der Waals surface area contributed by atoms with Crippen molar-refractivity contribution in [1.82, 2.24) is 0 Å². The van der Waals surface area contributed by atoms with Crippen LogP contribution in [0.2, 0.25) is 0 Å². The van der Waals surface area contributed by atoms with Gasteiger partial charge in [0.1, 0.15) is 0 Å². The summed E-state index contributed by atoms with van der Waals surface area (Å²) >= 11 is 0. The molecule has 1 rings (SSSR count). The van der Waals surface area contributed by atoms with Crippen LogP contribution in [0.1, 0.15) is 52.7 Å². The van der Waals surface area contributed by atoms with Gasteiger partial charge in [-0.15, -0.1) is 13.2 Å². The average molecular weight is 514 g/mol. The Bertz CT molecular complexity index is 680. The number of hydrogen-bond donors (Lipinski definition) is 0. The Morgan fingerprint density at radius 3 is 1.58 bits per heavy atom. The van der Waals surface area contributed by atoms with Gasteiger partial charge in [0.15, 0.2) is 0 Å². The van der Waals surface area contributed by atoms with Crippen LogP contribution in [0.25, 0.3) is 5.41 Å². The van der Waals surface area contributed by atoms with Crippen LogP contribution >= 0.6 is 7.92 Å². The number of benzene rings is 1. The third kappa shape index (κ3) is 10.7. The quantitative estimate of drug-likeness (QED) is 0.145. The Balaban J connectivity index is 0. The first-order chi connectivity index (χ1) is 12.8. The zero-order valence-corrected chi connectivity index (χ0v) is 20.7. The molecule has 0 bridgehead atoms. The standard InChI is InChI=1S/C19H25BF6NOP.CH3.Ni/c1-16(2,3)29(17(4,5)6)11-15(27)10-28-20-14-8-12(18(21,22)23)7-13(9-14)19(24,25)26;;/h7-9H,10-11H2,1-6H3;1H3;/q-2;-1;+3/p+1. The summed E-state index contributed by atoms with van der Waals surface area (Å²) in [4.78, 5) is 0. The number of alkyl halides is 6. The molecule has 1 aromatic carbocycles. The van der Waals surface area contributed by atoms with Crippen molar-refractivity contribution in [2.24, 2.45) is 0 Å². The van der Waals surface area contributed by atoms with Gasteiger partial charge >= 0.3 is 28.8 Å². The van der Waals surface area contributed by atoms with Crippen molar-refractivity contribution in [3.8, 4) is 0 Å². The Labute approximate surface area is 193 Å². The first-order valence-electron chi connectivity index (χ1n) is 8.96. The molecule has 3 radical (unpaired) electrons. The van der Waals surface area contributed by atoms with E-state index in [2.05, 4.69) is 41.5 Å². The minimum absolute atomic E-state index is 0. The largest absolute Gasteiger partial charge is 3.00 e. The van der Waals surface area contributed by atoms with Crippen molar-refractivity contribution in [1.29, 1.82) is 0 Å². The van der Waals surface area contributed by atoms with E-state index in [1.807, 2.05) is 0 Å². The fourth-order valence-corrected chi connectivity index (χ4v) is 7.01. The number of nitrogens with zero attached hydrogens (tertiary/aromatic N) is 1. The van der Waals surface area contributed by atoms with E-state index in [1.54, 1.807) is 0 Å². The summed E-state index contributed by atoms with van der Waals surface area (Å²) in [5.74, 6) is 0. The van der Waals surface area contributed by atoms with E-state index in [0.717, 1.165) is 7.48 Å². The van der Waals surface area contributed by atoms with Crippen molar-refractivity contribution in [2.45, 2.75) is 64.2 Å². The normalized spacial score (nSPS) is 12.9. The molecule has 0 spiro atoms. The second-order valence-electron chi connectivity index (χ2n) is 8.99. The van der Waals surface area contributed by atoms with Crippen LogP contribution in [-0.2, 0) is 33.5 Å². The maximum Gasteiger partial charge on any atom is 3.00 e. The molecular weight excluding hydrogens is 485 g/mol. The summed E-state index contributed by atoms with van der Waals surface area (Å²) in [6.45, 7) is 12.2. The minimum Gasteiger partial charge on any atom is -0.807 e. The van der Waals surface area contributed by atoms with Crippen molar-refractivity contribution in [3.63, 3.8) is 0 Å². The molecule has 0 aliphatic carbocycles. The van der Waals surface area contributed by atoms with Gasteiger partial charge < -0.3 is 17.5 Å². The number of rotatable bonds is 6. The van der Waals surface area contributed by atoms with Crippen LogP contribution in [0.5, 0.6) is 0 Å². The SMILES string of the molecule is CC(C)(C)[PH+](CC(=[N-])CO[B-]c1cc(C(F)(F)F)cc(C(F)(F)F)c1)C(C)(C)C.[CH3-].[Ni+3]. The molecule has 1 aromatic rings. The second kappa shape index (κ2) is 11.5. The van der Waals surface area contributed by atoms with Gasteiger partial charge in [0.25, 0.3) is 0 Å². The smallest absolute Gasteiger partial charge is 0.807 e. The van der Waals surface area contributed by atoms with Gasteiger partial charge in [-0.1, -0.05) is 12.1 Å². The molecular formula is C20H29BF6NNiOP+. The van der Waals surface area contributed by atoms with Gasteiger partial charge in [0.05, 0.1) is 27.6 Å². The summed E-state index contributed by atoms with van der Waals surface area (Å²) in [5.41, 5.74) is -3.19. The molecule has 0 heterocycles. The fraction of sp³-hybridized carbons (Fsp3) is 0.600. The van der Waals surface area contributed by atoms with Gasteiger partial charge in [0, 0.05) is 7.92 Å². The first-order valence-corrected chi connectivity index (χ1v) is 10.7. The molecule has 0 aromatic heterocycles. The summed E-state index contributed by atoms with van der Waals surface area (Å²) < 4.78 is 82.5. The predicted molar refractivity (Wildman–Crippen MR) is 115 cm³/mol. The number of halogens is 6. The van der Waals surface area contributed by atoms with E-state index in [4.69, 9.17) is 4.65 Å². The van der Waals surface area contributed by atoms with E-state index >= 15 is 0 Å². The van der Waals surface area contributed by atoms with Gasteiger partial charge in [-0.05, 0) is 54.2 Å².